The molecule has 0 amide bonds. The standard InChI is InChI=1S/C17H22N2O3/c1-12(20)11-18-15-5-4-6-16(17(15)22-3)19-13-7-9-14(21-2)10-8-13/h7-10,18H,4-6,11H2,1-3H3/b19-16+. The zero-order chi connectivity index (χ0) is 15.9. The number of Topliss-reactive ketones (excluding diaryl/α,β-unsaturated/α-hetero) is 1. The number of benzene rings is 1. The van der Waals surface area contributed by atoms with Gasteiger partial charge in [-0.1, -0.05) is 0 Å². The largest absolute Gasteiger partial charge is 0.497 e. The minimum Gasteiger partial charge on any atom is -0.497 e. The van der Waals surface area contributed by atoms with Crippen molar-refractivity contribution < 1.29 is 14.3 Å². The van der Waals surface area contributed by atoms with Gasteiger partial charge in [0.25, 0.3) is 0 Å². The van der Waals surface area contributed by atoms with Crippen molar-refractivity contribution in [2.24, 2.45) is 4.99 Å². The molecule has 5 nitrogen and oxygen atoms in total. The number of nitrogens with one attached hydrogen (secondary N) is 1. The Morgan fingerprint density at radius 3 is 2.50 bits per heavy atom. The van der Waals surface area contributed by atoms with Gasteiger partial charge < -0.3 is 14.8 Å². The molecule has 0 saturated heterocycles. The topological polar surface area (TPSA) is 59.9 Å². The molecule has 0 aromatic heterocycles. The molecule has 0 radical (unpaired) electrons. The number of hydrogen-bond donors (Lipinski definition) is 1. The van der Waals surface area contributed by atoms with Crippen molar-refractivity contribution in [2.45, 2.75) is 26.2 Å². The van der Waals surface area contributed by atoms with Gasteiger partial charge in [-0.05, 0) is 50.5 Å². The number of carbonyl (C=O) groups excluding carboxylic acids is 1. The molecule has 1 aromatic rings. The summed E-state index contributed by atoms with van der Waals surface area (Å²) in [5, 5.41) is 3.16. The first-order valence-electron chi connectivity index (χ1n) is 7.36. The van der Waals surface area contributed by atoms with Crippen molar-refractivity contribution >= 4 is 17.2 Å². The van der Waals surface area contributed by atoms with Crippen molar-refractivity contribution in [3.63, 3.8) is 0 Å². The summed E-state index contributed by atoms with van der Waals surface area (Å²) in [6.45, 7) is 1.88. The summed E-state index contributed by atoms with van der Waals surface area (Å²) in [4.78, 5) is 15.8. The Balaban J connectivity index is 2.24. The molecule has 0 atom stereocenters. The van der Waals surface area contributed by atoms with Crippen molar-refractivity contribution in [3.05, 3.63) is 35.7 Å². The van der Waals surface area contributed by atoms with Crippen molar-refractivity contribution in [2.75, 3.05) is 20.8 Å². The maximum Gasteiger partial charge on any atom is 0.159 e. The molecule has 1 aliphatic rings. The van der Waals surface area contributed by atoms with E-state index in [4.69, 9.17) is 9.47 Å². The Morgan fingerprint density at radius 1 is 1.18 bits per heavy atom. The minimum absolute atomic E-state index is 0.0992. The molecule has 118 valence electrons. The number of ketones is 1. The van der Waals surface area contributed by atoms with Crippen molar-refractivity contribution in [1.29, 1.82) is 0 Å². The van der Waals surface area contributed by atoms with Crippen LogP contribution in [0.5, 0.6) is 5.75 Å². The minimum atomic E-state index is 0.0992. The molecule has 0 aliphatic heterocycles. The zero-order valence-corrected chi connectivity index (χ0v) is 13.3. The molecule has 0 fully saturated rings. The fourth-order valence-electron chi connectivity index (χ4n) is 2.39. The second-order valence-corrected chi connectivity index (χ2v) is 5.18. The zero-order valence-electron chi connectivity index (χ0n) is 13.3. The van der Waals surface area contributed by atoms with Crippen LogP contribution in [-0.4, -0.2) is 32.3 Å². The third kappa shape index (κ3) is 4.10. The average Bonchev–Trinajstić information content (AvgIpc) is 2.53. The molecule has 2 rings (SSSR count). The predicted molar refractivity (Wildman–Crippen MR) is 86.7 cm³/mol. The summed E-state index contributed by atoms with van der Waals surface area (Å²) >= 11 is 0. The molecule has 5 heteroatoms. The van der Waals surface area contributed by atoms with Crippen LogP contribution < -0.4 is 10.1 Å². The van der Waals surface area contributed by atoms with E-state index in [-0.39, 0.29) is 5.78 Å². The number of methoxy groups -OCH3 is 2. The molecule has 1 aliphatic carbocycles. The Hall–Kier alpha value is -2.30. The van der Waals surface area contributed by atoms with Crippen LogP contribution in [0.4, 0.5) is 5.69 Å². The van der Waals surface area contributed by atoms with E-state index in [2.05, 4.69) is 10.3 Å². The van der Waals surface area contributed by atoms with E-state index >= 15 is 0 Å². The number of ether oxygens (including phenoxy) is 2. The first-order valence-corrected chi connectivity index (χ1v) is 7.36. The highest BCUT2D eigenvalue weighted by atomic mass is 16.5. The number of nitrogens with zero attached hydrogens (tertiary/aromatic N) is 1. The maximum atomic E-state index is 11.1. The normalized spacial score (nSPS) is 16.6. The van der Waals surface area contributed by atoms with Crippen LogP contribution in [0.25, 0.3) is 0 Å². The van der Waals surface area contributed by atoms with Gasteiger partial charge >= 0.3 is 0 Å². The quantitative estimate of drug-likeness (QED) is 0.877. The van der Waals surface area contributed by atoms with E-state index in [1.807, 2.05) is 24.3 Å². The third-order valence-corrected chi connectivity index (χ3v) is 3.47. The lowest BCUT2D eigenvalue weighted by atomic mass is 10.00. The van der Waals surface area contributed by atoms with Crippen molar-refractivity contribution in [1.82, 2.24) is 5.32 Å². The van der Waals surface area contributed by atoms with Crippen LogP contribution in [0.15, 0.2) is 40.7 Å². The SMILES string of the molecule is COC1=C(NCC(C)=O)CCC/C1=N\c1ccc(OC)cc1. The van der Waals surface area contributed by atoms with Gasteiger partial charge in [0.15, 0.2) is 5.76 Å². The summed E-state index contributed by atoms with van der Waals surface area (Å²) in [6.07, 6.45) is 2.72. The molecule has 0 heterocycles. The van der Waals surface area contributed by atoms with Crippen LogP contribution in [0.3, 0.4) is 0 Å². The molecule has 22 heavy (non-hydrogen) atoms. The van der Waals surface area contributed by atoms with Gasteiger partial charge in [0, 0.05) is 0 Å². The monoisotopic (exact) mass is 302 g/mol. The van der Waals surface area contributed by atoms with Gasteiger partial charge in [-0.15, -0.1) is 0 Å². The molecule has 1 aromatic carbocycles. The highest BCUT2D eigenvalue weighted by Gasteiger charge is 2.20. The number of hydrogen-bond acceptors (Lipinski definition) is 5. The van der Waals surface area contributed by atoms with Gasteiger partial charge in [-0.3, -0.25) is 4.79 Å². The fourth-order valence-corrected chi connectivity index (χ4v) is 2.39. The fraction of sp³-hybridized carbons (Fsp3) is 0.412. The van der Waals surface area contributed by atoms with E-state index in [1.165, 1.54) is 0 Å². The van der Waals surface area contributed by atoms with E-state index in [9.17, 15) is 4.79 Å². The Labute approximate surface area is 131 Å². The summed E-state index contributed by atoms with van der Waals surface area (Å²) in [6, 6.07) is 7.59. The number of allylic oxidation sites excluding steroid dienone is 2. The lowest BCUT2D eigenvalue weighted by molar-refractivity contribution is -0.116. The van der Waals surface area contributed by atoms with Crippen LogP contribution in [0.2, 0.25) is 0 Å². The number of carbonyl (C=O) groups is 1. The van der Waals surface area contributed by atoms with Gasteiger partial charge in [0.2, 0.25) is 0 Å². The van der Waals surface area contributed by atoms with Crippen LogP contribution in [0.1, 0.15) is 26.2 Å². The molecule has 0 saturated carbocycles. The smallest absolute Gasteiger partial charge is 0.159 e. The molecular weight excluding hydrogens is 280 g/mol. The Morgan fingerprint density at radius 2 is 1.91 bits per heavy atom. The van der Waals surface area contributed by atoms with E-state index < -0.39 is 0 Å². The lowest BCUT2D eigenvalue weighted by Gasteiger charge is -2.21. The Kier molecular flexibility index (Phi) is 5.58. The van der Waals surface area contributed by atoms with Crippen molar-refractivity contribution in [3.8, 4) is 5.75 Å². The summed E-state index contributed by atoms with van der Waals surface area (Å²) < 4.78 is 10.7. The van der Waals surface area contributed by atoms with E-state index in [1.54, 1.807) is 21.1 Å². The molecular formula is C17H22N2O3. The van der Waals surface area contributed by atoms with Gasteiger partial charge in [0.05, 0.1) is 37.9 Å². The molecule has 0 bridgehead atoms. The molecule has 0 spiro atoms. The number of rotatable bonds is 6. The van der Waals surface area contributed by atoms with E-state index in [0.717, 1.165) is 47.9 Å². The maximum absolute atomic E-state index is 11.1. The van der Waals surface area contributed by atoms with Gasteiger partial charge in [-0.2, -0.15) is 0 Å². The van der Waals surface area contributed by atoms with E-state index in [0.29, 0.717) is 6.54 Å². The highest BCUT2D eigenvalue weighted by Crippen LogP contribution is 2.25. The summed E-state index contributed by atoms with van der Waals surface area (Å²) in [7, 11) is 3.28. The third-order valence-electron chi connectivity index (χ3n) is 3.47. The Bertz CT molecular complexity index is 588. The van der Waals surface area contributed by atoms with Crippen LogP contribution >= 0.6 is 0 Å². The first kappa shape index (κ1) is 16.1. The summed E-state index contributed by atoms with van der Waals surface area (Å²) in [5.74, 6) is 1.66. The average molecular weight is 302 g/mol. The lowest BCUT2D eigenvalue weighted by Crippen LogP contribution is -2.26. The number of aliphatic imine (C=N–C) groups is 1. The second-order valence-electron chi connectivity index (χ2n) is 5.18. The predicted octanol–water partition coefficient (Wildman–Crippen LogP) is 2.99. The van der Waals surface area contributed by atoms with Crippen LogP contribution in [0, 0.1) is 0 Å². The summed E-state index contributed by atoms with van der Waals surface area (Å²) in [5.41, 5.74) is 2.72. The first-order chi connectivity index (χ1) is 10.6. The second kappa shape index (κ2) is 7.64. The van der Waals surface area contributed by atoms with Crippen LogP contribution in [-0.2, 0) is 9.53 Å². The van der Waals surface area contributed by atoms with Gasteiger partial charge in [-0.25, -0.2) is 4.99 Å². The molecule has 0 unspecified atom stereocenters. The molecule has 1 N–H and O–H groups in total. The highest BCUT2D eigenvalue weighted by molar-refractivity contribution is 6.01. The van der Waals surface area contributed by atoms with Gasteiger partial charge in [0.1, 0.15) is 11.5 Å².